The summed E-state index contributed by atoms with van der Waals surface area (Å²) in [5.41, 5.74) is 0.968. The molecular weight excluding hydrogens is 222 g/mol. The number of rotatable bonds is 5. The van der Waals surface area contributed by atoms with Crippen molar-refractivity contribution in [2.75, 3.05) is 0 Å². The lowest BCUT2D eigenvalue weighted by Gasteiger charge is -2.28. The molecule has 0 saturated heterocycles. The standard InChI is InChI=1S/C13H20ClNO/c1-4-13(3,5-2)15-9-10-8-11(14)6-7-12(10)16/h6-8,15-16H,4-5,9H2,1-3H3. The third-order valence-electron chi connectivity index (χ3n) is 3.31. The zero-order valence-corrected chi connectivity index (χ0v) is 10.9. The van der Waals surface area contributed by atoms with Gasteiger partial charge in [-0.2, -0.15) is 0 Å². The van der Waals surface area contributed by atoms with Gasteiger partial charge in [-0.3, -0.25) is 0 Å². The molecule has 0 aliphatic rings. The molecule has 0 aliphatic heterocycles. The Morgan fingerprint density at radius 2 is 1.94 bits per heavy atom. The predicted molar refractivity (Wildman–Crippen MR) is 68.9 cm³/mol. The summed E-state index contributed by atoms with van der Waals surface area (Å²) in [4.78, 5) is 0. The molecule has 2 nitrogen and oxygen atoms in total. The Morgan fingerprint density at radius 3 is 2.50 bits per heavy atom. The molecule has 1 aromatic rings. The van der Waals surface area contributed by atoms with Crippen LogP contribution < -0.4 is 5.32 Å². The number of hydrogen-bond acceptors (Lipinski definition) is 2. The van der Waals surface area contributed by atoms with Crippen LogP contribution in [0.25, 0.3) is 0 Å². The van der Waals surface area contributed by atoms with E-state index in [2.05, 4.69) is 26.1 Å². The number of phenols is 1. The van der Waals surface area contributed by atoms with Crippen molar-refractivity contribution in [3.05, 3.63) is 28.8 Å². The molecule has 0 aromatic heterocycles. The summed E-state index contributed by atoms with van der Waals surface area (Å²) < 4.78 is 0. The molecule has 0 saturated carbocycles. The van der Waals surface area contributed by atoms with E-state index in [1.807, 2.05) is 0 Å². The molecule has 0 unspecified atom stereocenters. The topological polar surface area (TPSA) is 32.3 Å². The molecule has 0 radical (unpaired) electrons. The quantitative estimate of drug-likeness (QED) is 0.824. The predicted octanol–water partition coefficient (Wildman–Crippen LogP) is 3.71. The number of hydrogen-bond donors (Lipinski definition) is 2. The first-order chi connectivity index (χ1) is 7.50. The smallest absolute Gasteiger partial charge is 0.120 e. The molecule has 1 rings (SSSR count). The summed E-state index contributed by atoms with van der Waals surface area (Å²) in [7, 11) is 0. The van der Waals surface area contributed by atoms with Gasteiger partial charge in [-0.1, -0.05) is 25.4 Å². The highest BCUT2D eigenvalue weighted by molar-refractivity contribution is 6.30. The van der Waals surface area contributed by atoms with E-state index < -0.39 is 0 Å². The highest BCUT2D eigenvalue weighted by Crippen LogP contribution is 2.23. The van der Waals surface area contributed by atoms with E-state index in [0.29, 0.717) is 17.3 Å². The fourth-order valence-corrected chi connectivity index (χ4v) is 1.70. The average Bonchev–Trinajstić information content (AvgIpc) is 2.30. The van der Waals surface area contributed by atoms with E-state index in [9.17, 15) is 5.11 Å². The first-order valence-electron chi connectivity index (χ1n) is 5.73. The van der Waals surface area contributed by atoms with Crippen molar-refractivity contribution in [2.24, 2.45) is 0 Å². The second kappa shape index (κ2) is 5.55. The summed E-state index contributed by atoms with van der Waals surface area (Å²) >= 11 is 5.90. The van der Waals surface area contributed by atoms with E-state index in [1.165, 1.54) is 0 Å². The van der Waals surface area contributed by atoms with Gasteiger partial charge in [0.1, 0.15) is 5.75 Å². The van der Waals surface area contributed by atoms with E-state index in [4.69, 9.17) is 11.6 Å². The molecule has 3 heteroatoms. The van der Waals surface area contributed by atoms with Gasteiger partial charge in [-0.05, 0) is 38.0 Å². The lowest BCUT2D eigenvalue weighted by Crippen LogP contribution is -2.40. The highest BCUT2D eigenvalue weighted by atomic mass is 35.5. The Kier molecular flexibility index (Phi) is 4.63. The molecule has 2 N–H and O–H groups in total. The Balaban J connectivity index is 2.70. The van der Waals surface area contributed by atoms with Crippen LogP contribution in [-0.4, -0.2) is 10.6 Å². The van der Waals surface area contributed by atoms with Gasteiger partial charge in [0.15, 0.2) is 0 Å². The monoisotopic (exact) mass is 241 g/mol. The molecule has 90 valence electrons. The number of halogens is 1. The molecule has 16 heavy (non-hydrogen) atoms. The van der Waals surface area contributed by atoms with Crippen LogP contribution in [0.2, 0.25) is 5.02 Å². The first kappa shape index (κ1) is 13.3. The van der Waals surface area contributed by atoms with Gasteiger partial charge in [0.05, 0.1) is 0 Å². The molecule has 0 atom stereocenters. The van der Waals surface area contributed by atoms with Crippen molar-refractivity contribution < 1.29 is 5.11 Å². The number of benzene rings is 1. The molecular formula is C13H20ClNO. The normalized spacial score (nSPS) is 11.8. The average molecular weight is 242 g/mol. The minimum atomic E-state index is 0.120. The SMILES string of the molecule is CCC(C)(CC)NCc1cc(Cl)ccc1O. The summed E-state index contributed by atoms with van der Waals surface area (Å²) in [6.45, 7) is 7.15. The third kappa shape index (κ3) is 3.39. The second-order valence-corrected chi connectivity index (χ2v) is 4.83. The minimum absolute atomic E-state index is 0.120. The summed E-state index contributed by atoms with van der Waals surface area (Å²) in [6, 6.07) is 5.13. The van der Waals surface area contributed by atoms with Crippen molar-refractivity contribution in [1.29, 1.82) is 0 Å². The lowest BCUT2D eigenvalue weighted by atomic mass is 9.95. The largest absolute Gasteiger partial charge is 0.508 e. The van der Waals surface area contributed by atoms with E-state index in [1.54, 1.807) is 18.2 Å². The van der Waals surface area contributed by atoms with Crippen LogP contribution in [-0.2, 0) is 6.54 Å². The third-order valence-corrected chi connectivity index (χ3v) is 3.54. The molecule has 0 bridgehead atoms. The van der Waals surface area contributed by atoms with Crippen LogP contribution in [0, 0.1) is 0 Å². The van der Waals surface area contributed by atoms with Gasteiger partial charge in [0, 0.05) is 22.7 Å². The molecule has 0 heterocycles. The van der Waals surface area contributed by atoms with E-state index in [-0.39, 0.29) is 5.54 Å². The van der Waals surface area contributed by atoms with Crippen molar-refractivity contribution in [1.82, 2.24) is 5.32 Å². The zero-order chi connectivity index (χ0) is 12.2. The van der Waals surface area contributed by atoms with Crippen LogP contribution >= 0.6 is 11.6 Å². The Hall–Kier alpha value is -0.730. The van der Waals surface area contributed by atoms with Crippen LogP contribution in [0.15, 0.2) is 18.2 Å². The maximum atomic E-state index is 9.68. The van der Waals surface area contributed by atoms with Crippen LogP contribution in [0.4, 0.5) is 0 Å². The Morgan fingerprint density at radius 1 is 1.31 bits per heavy atom. The molecule has 0 aliphatic carbocycles. The van der Waals surface area contributed by atoms with E-state index >= 15 is 0 Å². The fourth-order valence-electron chi connectivity index (χ4n) is 1.50. The van der Waals surface area contributed by atoms with Gasteiger partial charge in [-0.15, -0.1) is 0 Å². The van der Waals surface area contributed by atoms with Gasteiger partial charge in [0.2, 0.25) is 0 Å². The fraction of sp³-hybridized carbons (Fsp3) is 0.538. The zero-order valence-electron chi connectivity index (χ0n) is 10.2. The molecule has 0 amide bonds. The maximum Gasteiger partial charge on any atom is 0.120 e. The Bertz CT molecular complexity index is 348. The van der Waals surface area contributed by atoms with Gasteiger partial charge >= 0.3 is 0 Å². The highest BCUT2D eigenvalue weighted by Gasteiger charge is 2.18. The van der Waals surface area contributed by atoms with Crippen molar-refractivity contribution >= 4 is 11.6 Å². The summed E-state index contributed by atoms with van der Waals surface area (Å²) in [5, 5.41) is 13.8. The molecule has 0 spiro atoms. The first-order valence-corrected chi connectivity index (χ1v) is 6.11. The number of aromatic hydroxyl groups is 1. The van der Waals surface area contributed by atoms with Crippen molar-refractivity contribution in [3.63, 3.8) is 0 Å². The van der Waals surface area contributed by atoms with Crippen LogP contribution in [0.3, 0.4) is 0 Å². The van der Waals surface area contributed by atoms with Crippen LogP contribution in [0.5, 0.6) is 5.75 Å². The van der Waals surface area contributed by atoms with Crippen molar-refractivity contribution in [3.8, 4) is 5.75 Å². The Labute approximate surface area is 103 Å². The minimum Gasteiger partial charge on any atom is -0.508 e. The maximum absolute atomic E-state index is 9.68. The second-order valence-electron chi connectivity index (χ2n) is 4.39. The van der Waals surface area contributed by atoms with Crippen molar-refractivity contribution in [2.45, 2.75) is 45.7 Å². The molecule has 1 aromatic carbocycles. The molecule has 0 fully saturated rings. The summed E-state index contributed by atoms with van der Waals surface area (Å²) in [5.74, 6) is 0.298. The van der Waals surface area contributed by atoms with Gasteiger partial charge in [0.25, 0.3) is 0 Å². The number of phenolic OH excluding ortho intramolecular Hbond substituents is 1. The van der Waals surface area contributed by atoms with Crippen LogP contribution in [0.1, 0.15) is 39.2 Å². The van der Waals surface area contributed by atoms with E-state index in [0.717, 1.165) is 18.4 Å². The van der Waals surface area contributed by atoms with Gasteiger partial charge < -0.3 is 10.4 Å². The number of nitrogens with one attached hydrogen (secondary N) is 1. The van der Waals surface area contributed by atoms with Gasteiger partial charge in [-0.25, -0.2) is 0 Å². The lowest BCUT2D eigenvalue weighted by molar-refractivity contribution is 0.326. The summed E-state index contributed by atoms with van der Waals surface area (Å²) in [6.07, 6.45) is 2.12.